The lowest BCUT2D eigenvalue weighted by atomic mass is 10.0. The van der Waals surface area contributed by atoms with Gasteiger partial charge in [-0.05, 0) is 60.6 Å². The van der Waals surface area contributed by atoms with Gasteiger partial charge in [0, 0.05) is 12.6 Å². The van der Waals surface area contributed by atoms with Gasteiger partial charge in [0.2, 0.25) is 5.88 Å². The zero-order chi connectivity index (χ0) is 22.5. The predicted molar refractivity (Wildman–Crippen MR) is 120 cm³/mol. The second-order valence-corrected chi connectivity index (χ2v) is 7.87. The van der Waals surface area contributed by atoms with Crippen LogP contribution >= 0.6 is 0 Å². The molecule has 0 radical (unpaired) electrons. The predicted octanol–water partition coefficient (Wildman–Crippen LogP) is 4.65. The molecule has 2 N–H and O–H groups in total. The molecule has 4 rings (SSSR count). The van der Waals surface area contributed by atoms with Crippen LogP contribution in [0.3, 0.4) is 0 Å². The molecule has 3 aromatic rings. The summed E-state index contributed by atoms with van der Waals surface area (Å²) in [6, 6.07) is 15.1. The van der Waals surface area contributed by atoms with Crippen LogP contribution in [-0.4, -0.2) is 27.6 Å². The molecule has 6 nitrogen and oxygen atoms in total. The molecule has 1 heterocycles. The van der Waals surface area contributed by atoms with Gasteiger partial charge in [-0.2, -0.15) is 0 Å². The van der Waals surface area contributed by atoms with Gasteiger partial charge in [0.1, 0.15) is 5.82 Å². The maximum Gasteiger partial charge on any atom is 0.414 e. The van der Waals surface area contributed by atoms with Crippen molar-refractivity contribution in [2.24, 2.45) is 7.05 Å². The first-order chi connectivity index (χ1) is 15.5. The minimum absolute atomic E-state index is 0.250. The van der Waals surface area contributed by atoms with Crippen LogP contribution in [-0.2, 0) is 13.5 Å². The van der Waals surface area contributed by atoms with E-state index in [1.807, 2.05) is 49.5 Å². The molecule has 1 atom stereocenters. The number of nitrogens with one attached hydrogen (secondary N) is 1. The number of carbonyl (C=O) groups excluding carboxylic acids is 1. The van der Waals surface area contributed by atoms with Gasteiger partial charge in [0.15, 0.2) is 0 Å². The van der Waals surface area contributed by atoms with E-state index in [4.69, 9.17) is 4.74 Å². The number of aliphatic hydroxyl groups excluding tert-OH is 1. The third kappa shape index (κ3) is 4.89. The Balaban J connectivity index is 1.58. The van der Waals surface area contributed by atoms with Crippen molar-refractivity contribution in [3.63, 3.8) is 0 Å². The molecule has 2 aromatic carbocycles. The van der Waals surface area contributed by atoms with E-state index in [1.54, 1.807) is 10.7 Å². The lowest BCUT2D eigenvalue weighted by Crippen LogP contribution is -2.33. The summed E-state index contributed by atoms with van der Waals surface area (Å²) < 4.78 is 20.9. The Hall–Kier alpha value is -3.45. The number of allylic oxidation sites excluding steroid dienone is 1. The highest BCUT2D eigenvalue weighted by atomic mass is 19.1. The number of carbonyl (C=O) groups is 1. The molecule has 1 aliphatic rings. The zero-order valence-electron chi connectivity index (χ0n) is 17.9. The first-order valence-electron chi connectivity index (χ1n) is 10.7. The van der Waals surface area contributed by atoms with E-state index in [-0.39, 0.29) is 18.3 Å². The first kappa shape index (κ1) is 21.8. The minimum atomic E-state index is -0.672. The van der Waals surface area contributed by atoms with Crippen molar-refractivity contribution in [2.45, 2.75) is 31.7 Å². The molecular weight excluding hydrogens is 409 g/mol. The maximum absolute atomic E-state index is 13.7. The third-order valence-electron chi connectivity index (χ3n) is 5.59. The number of nitrogens with zero attached hydrogens (tertiary/aromatic N) is 2. The fraction of sp³-hybridized carbons (Fsp3) is 0.280. The lowest BCUT2D eigenvalue weighted by molar-refractivity contribution is 0.181. The van der Waals surface area contributed by atoms with Crippen LogP contribution in [0.5, 0.6) is 5.88 Å². The number of aliphatic hydroxyl groups is 1. The van der Waals surface area contributed by atoms with Crippen molar-refractivity contribution in [2.75, 3.05) is 6.61 Å². The standard InChI is InChI=1S/C25H26FN3O3/c1-29-23-19(14-17-8-7-12-20(26)15-17)11-5-6-13-21(23)24(28-29)32-25(31)27-22(16-30)18-9-3-2-4-10-18/h2-4,7-10,12,14-15,22,30H,5-6,11,13,16H2,1H3,(H,27,31)/b19-14+/t22-/m0/s1. The SMILES string of the molecule is Cn1nc(OC(=O)N[C@@H](CO)c2ccccc2)c2c1/C(=C/c1cccc(F)c1)CCCC2. The van der Waals surface area contributed by atoms with E-state index in [9.17, 15) is 14.3 Å². The highest BCUT2D eigenvalue weighted by Gasteiger charge is 2.25. The number of benzene rings is 2. The molecule has 32 heavy (non-hydrogen) atoms. The highest BCUT2D eigenvalue weighted by molar-refractivity contribution is 5.83. The first-order valence-corrected chi connectivity index (χ1v) is 10.7. The van der Waals surface area contributed by atoms with Gasteiger partial charge in [0.05, 0.1) is 18.3 Å². The van der Waals surface area contributed by atoms with Gasteiger partial charge in [-0.3, -0.25) is 4.68 Å². The Morgan fingerprint density at radius 1 is 1.22 bits per heavy atom. The van der Waals surface area contributed by atoms with Crippen molar-refractivity contribution >= 4 is 17.7 Å². The summed E-state index contributed by atoms with van der Waals surface area (Å²) in [7, 11) is 1.81. The number of aryl methyl sites for hydroxylation is 1. The summed E-state index contributed by atoms with van der Waals surface area (Å²) in [6.07, 6.45) is 4.76. The summed E-state index contributed by atoms with van der Waals surface area (Å²) in [5.41, 5.74) is 4.36. The number of rotatable bonds is 5. The molecule has 0 saturated carbocycles. The zero-order valence-corrected chi connectivity index (χ0v) is 17.9. The average Bonchev–Trinajstić information content (AvgIpc) is 2.95. The van der Waals surface area contributed by atoms with Gasteiger partial charge in [-0.25, -0.2) is 9.18 Å². The van der Waals surface area contributed by atoms with Crippen LogP contribution in [0.2, 0.25) is 0 Å². The molecule has 0 unspecified atom stereocenters. The third-order valence-corrected chi connectivity index (χ3v) is 5.59. The maximum atomic E-state index is 13.7. The average molecular weight is 435 g/mol. The number of fused-ring (bicyclic) bond motifs is 1. The van der Waals surface area contributed by atoms with E-state index in [1.165, 1.54) is 12.1 Å². The molecule has 1 amide bonds. The van der Waals surface area contributed by atoms with Gasteiger partial charge in [-0.15, -0.1) is 5.10 Å². The van der Waals surface area contributed by atoms with Crippen molar-refractivity contribution in [3.8, 4) is 5.88 Å². The Labute approximate surface area is 186 Å². The Morgan fingerprint density at radius 3 is 2.75 bits per heavy atom. The van der Waals surface area contributed by atoms with E-state index in [0.717, 1.165) is 53.6 Å². The molecule has 0 spiro atoms. The fourth-order valence-corrected chi connectivity index (χ4v) is 4.11. The smallest absolute Gasteiger partial charge is 0.394 e. The Morgan fingerprint density at radius 2 is 2.00 bits per heavy atom. The van der Waals surface area contributed by atoms with E-state index >= 15 is 0 Å². The summed E-state index contributed by atoms with van der Waals surface area (Å²) in [5.74, 6) is -0.0208. The van der Waals surface area contributed by atoms with E-state index in [2.05, 4.69) is 10.4 Å². The minimum Gasteiger partial charge on any atom is -0.394 e. The fourth-order valence-electron chi connectivity index (χ4n) is 4.11. The van der Waals surface area contributed by atoms with Gasteiger partial charge < -0.3 is 15.2 Å². The second-order valence-electron chi connectivity index (χ2n) is 7.87. The summed E-state index contributed by atoms with van der Waals surface area (Å²) in [5, 5.41) is 16.8. The molecule has 0 fully saturated rings. The summed E-state index contributed by atoms with van der Waals surface area (Å²) >= 11 is 0. The number of hydrogen-bond acceptors (Lipinski definition) is 4. The van der Waals surface area contributed by atoms with Crippen LogP contribution in [0, 0.1) is 5.82 Å². The number of amides is 1. The van der Waals surface area contributed by atoms with Gasteiger partial charge in [0.25, 0.3) is 0 Å². The molecule has 7 heteroatoms. The molecule has 166 valence electrons. The number of hydrogen-bond donors (Lipinski definition) is 2. The highest BCUT2D eigenvalue weighted by Crippen LogP contribution is 2.36. The van der Waals surface area contributed by atoms with Crippen LogP contribution in [0.4, 0.5) is 9.18 Å². The topological polar surface area (TPSA) is 76.4 Å². The largest absolute Gasteiger partial charge is 0.414 e. The van der Waals surface area contributed by atoms with Crippen molar-refractivity contribution in [3.05, 3.63) is 82.8 Å². The molecule has 1 aliphatic carbocycles. The molecule has 0 bridgehead atoms. The Bertz CT molecular complexity index is 1120. The van der Waals surface area contributed by atoms with Crippen molar-refractivity contribution < 1.29 is 19.0 Å². The normalized spacial score (nSPS) is 15.7. The number of aromatic nitrogens is 2. The van der Waals surface area contributed by atoms with Gasteiger partial charge in [-0.1, -0.05) is 42.5 Å². The molecular formula is C25H26FN3O3. The van der Waals surface area contributed by atoms with Crippen LogP contribution in [0.25, 0.3) is 11.6 Å². The molecule has 0 aliphatic heterocycles. The Kier molecular flexibility index (Phi) is 6.66. The summed E-state index contributed by atoms with van der Waals surface area (Å²) in [6.45, 7) is -0.250. The second kappa shape index (κ2) is 9.78. The van der Waals surface area contributed by atoms with E-state index in [0.29, 0.717) is 0 Å². The summed E-state index contributed by atoms with van der Waals surface area (Å²) in [4.78, 5) is 12.6. The number of ether oxygens (including phenoxy) is 1. The molecule has 0 saturated heterocycles. The number of halogens is 1. The van der Waals surface area contributed by atoms with E-state index < -0.39 is 12.1 Å². The van der Waals surface area contributed by atoms with Crippen LogP contribution in [0.15, 0.2) is 54.6 Å². The van der Waals surface area contributed by atoms with Crippen molar-refractivity contribution in [1.29, 1.82) is 0 Å². The van der Waals surface area contributed by atoms with Crippen LogP contribution < -0.4 is 10.1 Å². The monoisotopic (exact) mass is 435 g/mol. The van der Waals surface area contributed by atoms with Crippen LogP contribution in [0.1, 0.15) is 47.7 Å². The van der Waals surface area contributed by atoms with Crippen molar-refractivity contribution in [1.82, 2.24) is 15.1 Å². The quantitative estimate of drug-likeness (QED) is 0.572. The molecule has 1 aromatic heterocycles. The van der Waals surface area contributed by atoms with Gasteiger partial charge >= 0.3 is 6.09 Å². The lowest BCUT2D eigenvalue weighted by Gasteiger charge is -2.16.